The number of rotatable bonds is 4. The predicted octanol–water partition coefficient (Wildman–Crippen LogP) is 3.07. The summed E-state index contributed by atoms with van der Waals surface area (Å²) in [5, 5.41) is 3.90. The van der Waals surface area contributed by atoms with E-state index in [1.807, 2.05) is 11.5 Å². The van der Waals surface area contributed by atoms with Crippen molar-refractivity contribution in [2.45, 2.75) is 43.8 Å². The van der Waals surface area contributed by atoms with Crippen LogP contribution in [0.5, 0.6) is 0 Å². The smallest absolute Gasteiger partial charge is 0.344 e. The van der Waals surface area contributed by atoms with E-state index in [9.17, 15) is 9.59 Å². The van der Waals surface area contributed by atoms with Gasteiger partial charge in [0.2, 0.25) is 5.43 Å². The third-order valence-corrected chi connectivity index (χ3v) is 7.21. The molecule has 1 saturated heterocycles. The van der Waals surface area contributed by atoms with Crippen molar-refractivity contribution in [1.82, 2.24) is 9.47 Å². The first-order chi connectivity index (χ1) is 14.3. The first-order valence-electron chi connectivity index (χ1n) is 10.3. The fraction of sp³-hybridized carbons (Fsp3) is 0.524. The highest BCUT2D eigenvalue weighted by Gasteiger charge is 2.32. The lowest BCUT2D eigenvalue weighted by atomic mass is 10.0. The van der Waals surface area contributed by atoms with Gasteiger partial charge in [-0.1, -0.05) is 0 Å². The van der Waals surface area contributed by atoms with Gasteiger partial charge in [-0.25, -0.2) is 9.18 Å². The Labute approximate surface area is 178 Å². The second-order valence-corrected chi connectivity index (χ2v) is 9.04. The zero-order chi connectivity index (χ0) is 21.6. The molecule has 3 N–H and O–H groups in total. The first kappa shape index (κ1) is 21.0. The van der Waals surface area contributed by atoms with Crippen LogP contribution >= 0.6 is 11.8 Å². The maximum absolute atomic E-state index is 15.2. The van der Waals surface area contributed by atoms with Crippen molar-refractivity contribution in [3.63, 3.8) is 0 Å². The molecule has 0 amide bonds. The number of anilines is 2. The van der Waals surface area contributed by atoms with Gasteiger partial charge in [-0.3, -0.25) is 4.79 Å². The van der Waals surface area contributed by atoms with Gasteiger partial charge in [0.15, 0.2) is 5.82 Å². The van der Waals surface area contributed by atoms with E-state index < -0.39 is 17.2 Å². The summed E-state index contributed by atoms with van der Waals surface area (Å²) >= 11 is 1.44. The highest BCUT2D eigenvalue weighted by molar-refractivity contribution is 7.99. The molecule has 2 aliphatic heterocycles. The maximum Gasteiger partial charge on any atom is 0.344 e. The molecule has 1 atom stereocenters. The van der Waals surface area contributed by atoms with Crippen LogP contribution in [0.4, 0.5) is 15.8 Å². The molecule has 1 fully saturated rings. The Bertz CT molecular complexity index is 1060. The number of hydrogen-bond donors (Lipinski definition) is 2. The average molecular weight is 435 g/mol. The fourth-order valence-corrected chi connectivity index (χ4v) is 5.55. The molecule has 2 aromatic rings. The molecule has 2 aliphatic rings. The normalized spacial score (nSPS) is 19.8. The first-order valence-corrected chi connectivity index (χ1v) is 11.3. The van der Waals surface area contributed by atoms with Gasteiger partial charge < -0.3 is 25.3 Å². The summed E-state index contributed by atoms with van der Waals surface area (Å²) in [5.74, 6) is -0.629. The number of piperidine rings is 1. The van der Waals surface area contributed by atoms with Crippen LogP contribution in [0.2, 0.25) is 0 Å². The standard InChI is InChI=1S/C21H27FN4O3S/c1-4-29-21(28)16-19(27)15-14(26-11(2)10-30-20(16)26)9-13(17(22)18(15)23)24-12-5-7-25(3)8-6-12/h9,11-12,24H,4-8,10,23H2,1-3H3/t11-/m1/s1. The molecule has 0 saturated carbocycles. The number of nitrogens with zero attached hydrogens (tertiary/aromatic N) is 2. The molecule has 30 heavy (non-hydrogen) atoms. The number of nitrogens with two attached hydrogens (primary N) is 1. The van der Waals surface area contributed by atoms with Crippen LogP contribution in [0.1, 0.15) is 43.1 Å². The maximum atomic E-state index is 15.2. The molecular formula is C21H27FN4O3S. The Morgan fingerprint density at radius 2 is 2.10 bits per heavy atom. The number of aromatic nitrogens is 1. The summed E-state index contributed by atoms with van der Waals surface area (Å²) in [4.78, 5) is 28.0. The van der Waals surface area contributed by atoms with Crippen LogP contribution in [0.15, 0.2) is 15.9 Å². The van der Waals surface area contributed by atoms with Crippen LogP contribution in [0.3, 0.4) is 0 Å². The van der Waals surface area contributed by atoms with E-state index in [2.05, 4.69) is 17.3 Å². The van der Waals surface area contributed by atoms with E-state index in [1.54, 1.807) is 13.0 Å². The van der Waals surface area contributed by atoms with Crippen molar-refractivity contribution in [3.8, 4) is 0 Å². The number of thioether (sulfide) groups is 1. The number of esters is 1. The molecule has 0 unspecified atom stereocenters. The highest BCUT2D eigenvalue weighted by Crippen LogP contribution is 2.40. The lowest BCUT2D eigenvalue weighted by molar-refractivity contribution is 0.0519. The molecule has 0 radical (unpaired) electrons. The van der Waals surface area contributed by atoms with Crippen molar-refractivity contribution < 1.29 is 13.9 Å². The largest absolute Gasteiger partial charge is 0.462 e. The topological polar surface area (TPSA) is 89.6 Å². The number of fused-ring (bicyclic) bond motifs is 3. The van der Waals surface area contributed by atoms with Gasteiger partial charge >= 0.3 is 5.97 Å². The van der Waals surface area contributed by atoms with Crippen molar-refractivity contribution in [1.29, 1.82) is 0 Å². The number of likely N-dealkylation sites (tertiary alicyclic amines) is 1. The number of carbonyl (C=O) groups excluding carboxylic acids is 1. The zero-order valence-electron chi connectivity index (χ0n) is 17.5. The summed E-state index contributed by atoms with van der Waals surface area (Å²) in [6, 6.07) is 1.84. The van der Waals surface area contributed by atoms with Gasteiger partial charge in [0.05, 0.1) is 33.9 Å². The predicted molar refractivity (Wildman–Crippen MR) is 118 cm³/mol. The summed E-state index contributed by atoms with van der Waals surface area (Å²) in [6.07, 6.45) is 1.81. The fourth-order valence-electron chi connectivity index (χ4n) is 4.26. The van der Waals surface area contributed by atoms with Crippen molar-refractivity contribution in [2.75, 3.05) is 43.5 Å². The minimum atomic E-state index is -0.692. The third kappa shape index (κ3) is 3.43. The number of hydrogen-bond acceptors (Lipinski definition) is 7. The van der Waals surface area contributed by atoms with Gasteiger partial charge in [-0.15, -0.1) is 11.8 Å². The summed E-state index contributed by atoms with van der Waals surface area (Å²) < 4.78 is 22.2. The van der Waals surface area contributed by atoms with E-state index in [4.69, 9.17) is 10.5 Å². The Balaban J connectivity index is 1.89. The number of benzene rings is 1. The molecule has 3 heterocycles. The Hall–Kier alpha value is -2.26. The van der Waals surface area contributed by atoms with Gasteiger partial charge in [-0.2, -0.15) is 0 Å². The number of halogens is 1. The molecule has 0 spiro atoms. The monoisotopic (exact) mass is 434 g/mol. The molecule has 7 nitrogen and oxygen atoms in total. The molecule has 0 aliphatic carbocycles. The Kier molecular flexibility index (Phi) is 5.67. The van der Waals surface area contributed by atoms with E-state index in [1.165, 1.54) is 11.8 Å². The van der Waals surface area contributed by atoms with E-state index >= 15 is 4.39 Å². The minimum absolute atomic E-state index is 0.0299. The SMILES string of the molecule is CCOC(=O)c1c2n(c3cc(NC4CCN(C)CC4)c(F)c(N)c3c1=O)[C@H](C)CS2. The molecule has 4 rings (SSSR count). The van der Waals surface area contributed by atoms with Crippen LogP contribution in [0, 0.1) is 5.82 Å². The van der Waals surface area contributed by atoms with Crippen LogP contribution < -0.4 is 16.5 Å². The van der Waals surface area contributed by atoms with Crippen LogP contribution in [0.25, 0.3) is 10.9 Å². The second-order valence-electron chi connectivity index (χ2n) is 8.03. The van der Waals surface area contributed by atoms with Gasteiger partial charge in [0.25, 0.3) is 0 Å². The summed E-state index contributed by atoms with van der Waals surface area (Å²) in [6.45, 7) is 5.72. The summed E-state index contributed by atoms with van der Waals surface area (Å²) in [7, 11) is 2.07. The van der Waals surface area contributed by atoms with Crippen LogP contribution in [-0.4, -0.2) is 54.0 Å². The van der Waals surface area contributed by atoms with E-state index in [0.29, 0.717) is 22.0 Å². The van der Waals surface area contributed by atoms with Gasteiger partial charge in [-0.05, 0) is 52.9 Å². The lowest BCUT2D eigenvalue weighted by Gasteiger charge is -2.30. The quantitative estimate of drug-likeness (QED) is 0.565. The minimum Gasteiger partial charge on any atom is -0.462 e. The van der Waals surface area contributed by atoms with Gasteiger partial charge in [0, 0.05) is 17.8 Å². The summed E-state index contributed by atoms with van der Waals surface area (Å²) in [5.41, 5.74) is 6.14. The molecule has 1 aromatic carbocycles. The third-order valence-electron chi connectivity index (χ3n) is 5.89. The molecular weight excluding hydrogens is 407 g/mol. The number of pyridine rings is 1. The lowest BCUT2D eigenvalue weighted by Crippen LogP contribution is -2.37. The van der Waals surface area contributed by atoms with E-state index in [-0.39, 0.29) is 35.3 Å². The van der Waals surface area contributed by atoms with Gasteiger partial charge in [0.1, 0.15) is 5.56 Å². The second kappa shape index (κ2) is 8.11. The number of carbonyl (C=O) groups is 1. The molecule has 9 heteroatoms. The average Bonchev–Trinajstić information content (AvgIpc) is 3.09. The van der Waals surface area contributed by atoms with Crippen molar-refractivity contribution >= 4 is 40.0 Å². The number of nitrogen functional groups attached to an aromatic ring is 1. The Morgan fingerprint density at radius 1 is 1.40 bits per heavy atom. The number of ether oxygens (including phenoxy) is 1. The molecule has 1 aromatic heterocycles. The number of nitrogens with one attached hydrogen (secondary N) is 1. The highest BCUT2D eigenvalue weighted by atomic mass is 32.2. The molecule has 162 valence electrons. The zero-order valence-corrected chi connectivity index (χ0v) is 18.3. The van der Waals surface area contributed by atoms with Crippen molar-refractivity contribution in [2.24, 2.45) is 0 Å². The molecule has 0 bridgehead atoms. The van der Waals surface area contributed by atoms with Crippen LogP contribution in [-0.2, 0) is 4.74 Å². The Morgan fingerprint density at radius 3 is 2.77 bits per heavy atom. The van der Waals surface area contributed by atoms with E-state index in [0.717, 1.165) is 25.9 Å². The van der Waals surface area contributed by atoms with Crippen molar-refractivity contribution in [3.05, 3.63) is 27.7 Å².